The molecule has 0 bridgehead atoms. The van der Waals surface area contributed by atoms with E-state index in [0.29, 0.717) is 17.9 Å². The predicted octanol–water partition coefficient (Wildman–Crippen LogP) is 1.95. The number of carbonyl (C=O) groups is 1. The number of ketones is 1. The number of pyridine rings is 1. The molecule has 3 heteroatoms. The fourth-order valence-corrected chi connectivity index (χ4v) is 1.32. The van der Waals surface area contributed by atoms with E-state index in [-0.39, 0.29) is 11.8 Å². The van der Waals surface area contributed by atoms with Gasteiger partial charge in [0.2, 0.25) is 0 Å². The second kappa shape index (κ2) is 5.03. The minimum atomic E-state index is -0.0721. The number of aromatic nitrogens is 1. The highest BCUT2D eigenvalue weighted by atomic mass is 16.1. The lowest BCUT2D eigenvalue weighted by molar-refractivity contribution is 0.0967. The Kier molecular flexibility index (Phi) is 3.97. The lowest BCUT2D eigenvalue weighted by Gasteiger charge is -2.14. The van der Waals surface area contributed by atoms with E-state index in [9.17, 15) is 4.79 Å². The van der Waals surface area contributed by atoms with Gasteiger partial charge in [-0.15, -0.1) is 0 Å². The first kappa shape index (κ1) is 11.9. The molecule has 1 aromatic heterocycles. The van der Waals surface area contributed by atoms with Crippen LogP contribution in [0.2, 0.25) is 0 Å². The zero-order chi connectivity index (χ0) is 11.4. The highest BCUT2D eigenvalue weighted by Gasteiger charge is 2.15. The quantitative estimate of drug-likeness (QED) is 0.766. The van der Waals surface area contributed by atoms with E-state index < -0.39 is 0 Å². The number of hydrogen-bond acceptors (Lipinski definition) is 3. The number of rotatable bonds is 4. The first-order chi connectivity index (χ1) is 7.02. The molecule has 1 unspecified atom stereocenters. The van der Waals surface area contributed by atoms with Crippen LogP contribution in [0.15, 0.2) is 18.5 Å². The van der Waals surface area contributed by atoms with Gasteiger partial charge in [-0.2, -0.15) is 0 Å². The van der Waals surface area contributed by atoms with Gasteiger partial charge in [0.1, 0.15) is 0 Å². The van der Waals surface area contributed by atoms with Gasteiger partial charge in [0.15, 0.2) is 5.78 Å². The van der Waals surface area contributed by atoms with Crippen LogP contribution in [-0.2, 0) is 0 Å². The molecule has 0 amide bonds. The van der Waals surface area contributed by atoms with Crippen molar-refractivity contribution in [2.45, 2.75) is 33.2 Å². The van der Waals surface area contributed by atoms with Crippen molar-refractivity contribution in [3.05, 3.63) is 29.6 Å². The largest absolute Gasteiger partial charge is 0.327 e. The molecule has 0 spiro atoms. The summed E-state index contributed by atoms with van der Waals surface area (Å²) in [6.45, 7) is 5.96. The molecule has 0 aliphatic rings. The summed E-state index contributed by atoms with van der Waals surface area (Å²) in [4.78, 5) is 15.8. The van der Waals surface area contributed by atoms with Crippen LogP contribution in [0.1, 0.15) is 36.2 Å². The summed E-state index contributed by atoms with van der Waals surface area (Å²) < 4.78 is 0. The van der Waals surface area contributed by atoms with Crippen molar-refractivity contribution < 1.29 is 4.79 Å². The smallest absolute Gasteiger partial charge is 0.166 e. The average Bonchev–Trinajstić information content (AvgIpc) is 2.18. The van der Waals surface area contributed by atoms with Gasteiger partial charge in [-0.1, -0.05) is 13.8 Å². The number of carbonyl (C=O) groups excluding carboxylic acids is 1. The fraction of sp³-hybridized carbons (Fsp3) is 0.500. The van der Waals surface area contributed by atoms with Crippen molar-refractivity contribution >= 4 is 5.78 Å². The average molecular weight is 206 g/mol. The molecule has 1 atom stereocenters. The second-order valence-corrected chi connectivity index (χ2v) is 4.23. The van der Waals surface area contributed by atoms with E-state index >= 15 is 0 Å². The van der Waals surface area contributed by atoms with E-state index in [1.807, 2.05) is 26.8 Å². The summed E-state index contributed by atoms with van der Waals surface area (Å²) in [5.41, 5.74) is 7.52. The number of nitrogens with two attached hydrogens (primary N) is 1. The third kappa shape index (κ3) is 3.13. The van der Waals surface area contributed by atoms with Crippen LogP contribution in [0.25, 0.3) is 0 Å². The lowest BCUT2D eigenvalue weighted by atomic mass is 9.96. The molecule has 0 radical (unpaired) electrons. The van der Waals surface area contributed by atoms with Crippen LogP contribution in [0, 0.1) is 12.8 Å². The van der Waals surface area contributed by atoms with Gasteiger partial charge in [0.05, 0.1) is 0 Å². The number of hydrogen-bond donors (Lipinski definition) is 1. The van der Waals surface area contributed by atoms with Gasteiger partial charge < -0.3 is 5.73 Å². The zero-order valence-corrected chi connectivity index (χ0v) is 9.53. The van der Waals surface area contributed by atoms with Gasteiger partial charge in [-0.05, 0) is 24.5 Å². The maximum atomic E-state index is 11.9. The summed E-state index contributed by atoms with van der Waals surface area (Å²) in [5.74, 6) is 0.410. The molecule has 15 heavy (non-hydrogen) atoms. The van der Waals surface area contributed by atoms with E-state index in [0.717, 1.165) is 5.56 Å². The molecule has 0 aromatic carbocycles. The van der Waals surface area contributed by atoms with Crippen molar-refractivity contribution in [2.75, 3.05) is 0 Å². The molecule has 82 valence electrons. The first-order valence-corrected chi connectivity index (χ1v) is 5.21. The Balaban J connectivity index is 2.74. The first-order valence-electron chi connectivity index (χ1n) is 5.21. The standard InChI is InChI=1S/C12H18N2O/c1-8(2)11(13)6-12(15)10-7-14-5-4-9(10)3/h4-5,7-8,11H,6,13H2,1-3H3. The van der Waals surface area contributed by atoms with Crippen LogP contribution < -0.4 is 5.73 Å². The Morgan fingerprint density at radius 3 is 2.73 bits per heavy atom. The Hall–Kier alpha value is -1.22. The molecule has 0 fully saturated rings. The van der Waals surface area contributed by atoms with Crippen molar-refractivity contribution in [1.29, 1.82) is 0 Å². The maximum absolute atomic E-state index is 11.9. The second-order valence-electron chi connectivity index (χ2n) is 4.23. The Morgan fingerprint density at radius 2 is 2.20 bits per heavy atom. The Labute approximate surface area is 90.7 Å². The molecule has 0 saturated carbocycles. The summed E-state index contributed by atoms with van der Waals surface area (Å²) in [7, 11) is 0. The van der Waals surface area contributed by atoms with Crippen molar-refractivity contribution in [2.24, 2.45) is 11.7 Å². The van der Waals surface area contributed by atoms with Gasteiger partial charge in [-0.25, -0.2) is 0 Å². The third-order valence-corrected chi connectivity index (χ3v) is 2.62. The molecule has 1 rings (SSSR count). The number of aryl methyl sites for hydroxylation is 1. The minimum Gasteiger partial charge on any atom is -0.327 e. The SMILES string of the molecule is Cc1ccncc1C(=O)CC(N)C(C)C. The summed E-state index contributed by atoms with van der Waals surface area (Å²) in [6.07, 6.45) is 3.70. The maximum Gasteiger partial charge on any atom is 0.166 e. The molecule has 2 N–H and O–H groups in total. The van der Waals surface area contributed by atoms with Gasteiger partial charge >= 0.3 is 0 Å². The monoisotopic (exact) mass is 206 g/mol. The van der Waals surface area contributed by atoms with Crippen LogP contribution in [0.3, 0.4) is 0 Å². The van der Waals surface area contributed by atoms with Crippen molar-refractivity contribution in [3.8, 4) is 0 Å². The van der Waals surface area contributed by atoms with Gasteiger partial charge in [0, 0.05) is 30.4 Å². The van der Waals surface area contributed by atoms with Crippen LogP contribution >= 0.6 is 0 Å². The minimum absolute atomic E-state index is 0.0721. The summed E-state index contributed by atoms with van der Waals surface area (Å²) in [6, 6.07) is 1.77. The van der Waals surface area contributed by atoms with Crippen molar-refractivity contribution in [1.82, 2.24) is 4.98 Å². The lowest BCUT2D eigenvalue weighted by Crippen LogP contribution is -2.29. The normalized spacial score (nSPS) is 12.9. The van der Waals surface area contributed by atoms with E-state index in [1.165, 1.54) is 0 Å². The van der Waals surface area contributed by atoms with Crippen LogP contribution in [-0.4, -0.2) is 16.8 Å². The molecule has 0 aliphatic heterocycles. The summed E-state index contributed by atoms with van der Waals surface area (Å²) in [5, 5.41) is 0. The van der Waals surface area contributed by atoms with E-state index in [1.54, 1.807) is 12.4 Å². The fourth-order valence-electron chi connectivity index (χ4n) is 1.32. The van der Waals surface area contributed by atoms with Crippen molar-refractivity contribution in [3.63, 3.8) is 0 Å². The topological polar surface area (TPSA) is 56.0 Å². The predicted molar refractivity (Wildman–Crippen MR) is 60.7 cm³/mol. The molecule has 0 saturated heterocycles. The number of nitrogens with zero attached hydrogens (tertiary/aromatic N) is 1. The van der Waals surface area contributed by atoms with E-state index in [4.69, 9.17) is 5.73 Å². The molecule has 1 heterocycles. The molecular formula is C12H18N2O. The molecule has 0 aliphatic carbocycles. The highest BCUT2D eigenvalue weighted by Crippen LogP contribution is 2.12. The van der Waals surface area contributed by atoms with Crippen LogP contribution in [0.4, 0.5) is 0 Å². The summed E-state index contributed by atoms with van der Waals surface area (Å²) >= 11 is 0. The molecule has 3 nitrogen and oxygen atoms in total. The Bertz CT molecular complexity index is 347. The molecular weight excluding hydrogens is 188 g/mol. The molecule has 1 aromatic rings. The zero-order valence-electron chi connectivity index (χ0n) is 9.53. The third-order valence-electron chi connectivity index (χ3n) is 2.62. The van der Waals surface area contributed by atoms with Gasteiger partial charge in [-0.3, -0.25) is 9.78 Å². The Morgan fingerprint density at radius 1 is 1.53 bits per heavy atom. The number of Topliss-reactive ketones (excluding diaryl/α,β-unsaturated/α-hetero) is 1. The van der Waals surface area contributed by atoms with Crippen LogP contribution in [0.5, 0.6) is 0 Å². The highest BCUT2D eigenvalue weighted by molar-refractivity contribution is 5.97. The van der Waals surface area contributed by atoms with E-state index in [2.05, 4.69) is 4.98 Å². The van der Waals surface area contributed by atoms with Gasteiger partial charge in [0.25, 0.3) is 0 Å².